The van der Waals surface area contributed by atoms with Crippen LogP contribution in [0.25, 0.3) is 0 Å². The normalized spacial score (nSPS) is 11.6. The number of halogens is 2. The van der Waals surface area contributed by atoms with Gasteiger partial charge in [0.15, 0.2) is 0 Å². The molecule has 0 radical (unpaired) electrons. The van der Waals surface area contributed by atoms with Gasteiger partial charge in [-0.2, -0.15) is 0 Å². The van der Waals surface area contributed by atoms with Crippen molar-refractivity contribution in [2.75, 3.05) is 5.32 Å². The summed E-state index contributed by atoms with van der Waals surface area (Å²) in [6.07, 6.45) is 0. The summed E-state index contributed by atoms with van der Waals surface area (Å²) in [5.41, 5.74) is 1.16. The molecule has 2 aromatic rings. The molecule has 114 valence electrons. The minimum Gasteiger partial charge on any atom is -0.341 e. The van der Waals surface area contributed by atoms with E-state index in [1.807, 2.05) is 18.2 Å². The zero-order valence-electron chi connectivity index (χ0n) is 11.8. The second-order valence-electron chi connectivity index (χ2n) is 4.70. The monoisotopic (exact) mass is 428 g/mol. The van der Waals surface area contributed by atoms with Gasteiger partial charge in [0.2, 0.25) is 5.91 Å². The Morgan fingerprint density at radius 1 is 1.14 bits per heavy atom. The van der Waals surface area contributed by atoms with Crippen molar-refractivity contribution in [1.82, 2.24) is 5.32 Å². The molecule has 6 heteroatoms. The predicted molar refractivity (Wildman–Crippen MR) is 96.2 cm³/mol. The smallest absolute Gasteiger partial charge is 0.251 e. The molecule has 0 aliphatic rings. The van der Waals surface area contributed by atoms with Gasteiger partial charge in [-0.25, -0.2) is 0 Å². The summed E-state index contributed by atoms with van der Waals surface area (Å²) in [7, 11) is 0. The third-order valence-corrected chi connectivity index (χ3v) is 3.86. The summed E-state index contributed by atoms with van der Waals surface area (Å²) in [6.45, 7) is 1.64. The Labute approximate surface area is 147 Å². The molecule has 0 aromatic heterocycles. The maximum absolute atomic E-state index is 12.1. The molecule has 0 spiro atoms. The second kappa shape index (κ2) is 7.60. The third-order valence-electron chi connectivity index (χ3n) is 2.94. The van der Waals surface area contributed by atoms with E-state index in [9.17, 15) is 9.59 Å². The molecule has 22 heavy (non-hydrogen) atoms. The zero-order chi connectivity index (χ0) is 16.1. The van der Waals surface area contributed by atoms with E-state index in [1.165, 1.54) is 0 Å². The van der Waals surface area contributed by atoms with Gasteiger partial charge >= 0.3 is 0 Å². The molecule has 0 bridgehead atoms. The molecule has 0 aliphatic carbocycles. The van der Waals surface area contributed by atoms with E-state index in [2.05, 4.69) is 33.2 Å². The lowest BCUT2D eigenvalue weighted by molar-refractivity contribution is -0.117. The van der Waals surface area contributed by atoms with E-state index in [1.54, 1.807) is 37.3 Å². The number of anilines is 1. The lowest BCUT2D eigenvalue weighted by Crippen LogP contribution is -2.41. The standard InChI is InChI=1S/C16H14ClIN2O2/c1-10(15(21)20-14-4-2-3-13(18)9-14)19-16(22)11-5-7-12(17)8-6-11/h2-10H,1H3,(H,19,22)(H,20,21). The Balaban J connectivity index is 1.96. The molecule has 1 atom stereocenters. The Hall–Kier alpha value is -1.60. The fourth-order valence-corrected chi connectivity index (χ4v) is 2.43. The number of benzene rings is 2. The first-order valence-corrected chi connectivity index (χ1v) is 8.04. The predicted octanol–water partition coefficient (Wildman–Crippen LogP) is 3.70. The van der Waals surface area contributed by atoms with Crippen LogP contribution < -0.4 is 10.6 Å². The molecule has 4 nitrogen and oxygen atoms in total. The maximum Gasteiger partial charge on any atom is 0.251 e. The van der Waals surface area contributed by atoms with Crippen molar-refractivity contribution < 1.29 is 9.59 Å². The second-order valence-corrected chi connectivity index (χ2v) is 6.38. The molecule has 0 saturated carbocycles. The first kappa shape index (κ1) is 16.8. The van der Waals surface area contributed by atoms with Crippen LogP contribution in [0.4, 0.5) is 5.69 Å². The summed E-state index contributed by atoms with van der Waals surface area (Å²) in [4.78, 5) is 24.1. The van der Waals surface area contributed by atoms with Crippen LogP contribution in [0, 0.1) is 3.57 Å². The highest BCUT2D eigenvalue weighted by molar-refractivity contribution is 14.1. The number of hydrogen-bond donors (Lipinski definition) is 2. The molecule has 0 fully saturated rings. The number of amides is 2. The van der Waals surface area contributed by atoms with Crippen molar-refractivity contribution in [3.63, 3.8) is 0 Å². The lowest BCUT2D eigenvalue weighted by Gasteiger charge is -2.14. The topological polar surface area (TPSA) is 58.2 Å². The molecule has 2 rings (SSSR count). The van der Waals surface area contributed by atoms with Gasteiger partial charge < -0.3 is 10.6 Å². The molecule has 0 aliphatic heterocycles. The maximum atomic E-state index is 12.1. The average Bonchev–Trinajstić information content (AvgIpc) is 2.47. The highest BCUT2D eigenvalue weighted by Crippen LogP contribution is 2.13. The number of carbonyl (C=O) groups is 2. The Bertz CT molecular complexity index is 689. The summed E-state index contributed by atoms with van der Waals surface area (Å²) in [5.74, 6) is -0.591. The molecule has 2 amide bonds. The number of carbonyl (C=O) groups excluding carboxylic acids is 2. The Morgan fingerprint density at radius 3 is 2.45 bits per heavy atom. The van der Waals surface area contributed by atoms with Crippen LogP contribution in [0.15, 0.2) is 48.5 Å². The SMILES string of the molecule is CC(NC(=O)c1ccc(Cl)cc1)C(=O)Nc1cccc(I)c1. The number of rotatable bonds is 4. The van der Waals surface area contributed by atoms with Crippen LogP contribution in [-0.2, 0) is 4.79 Å². The van der Waals surface area contributed by atoms with Crippen molar-refractivity contribution in [3.05, 3.63) is 62.7 Å². The highest BCUT2D eigenvalue weighted by atomic mass is 127. The lowest BCUT2D eigenvalue weighted by atomic mass is 10.2. The molecule has 1 unspecified atom stereocenters. The van der Waals surface area contributed by atoms with Gasteiger partial charge in [-0.15, -0.1) is 0 Å². The van der Waals surface area contributed by atoms with E-state index in [0.717, 1.165) is 3.57 Å². The molecule has 2 N–H and O–H groups in total. The van der Waals surface area contributed by atoms with Crippen molar-refractivity contribution >= 4 is 51.7 Å². The fraction of sp³-hybridized carbons (Fsp3) is 0.125. The van der Waals surface area contributed by atoms with Crippen LogP contribution in [-0.4, -0.2) is 17.9 Å². The van der Waals surface area contributed by atoms with Crippen LogP contribution in [0.1, 0.15) is 17.3 Å². The highest BCUT2D eigenvalue weighted by Gasteiger charge is 2.16. The van der Waals surface area contributed by atoms with E-state index < -0.39 is 6.04 Å². The summed E-state index contributed by atoms with van der Waals surface area (Å²) < 4.78 is 1.02. The zero-order valence-corrected chi connectivity index (χ0v) is 14.7. The third kappa shape index (κ3) is 4.71. The van der Waals surface area contributed by atoms with E-state index in [-0.39, 0.29) is 11.8 Å². The summed E-state index contributed by atoms with van der Waals surface area (Å²) in [5, 5.41) is 5.98. The first-order valence-electron chi connectivity index (χ1n) is 6.58. The summed E-state index contributed by atoms with van der Waals surface area (Å²) in [6, 6.07) is 13.3. The van der Waals surface area contributed by atoms with Crippen molar-refractivity contribution in [2.24, 2.45) is 0 Å². The number of nitrogens with one attached hydrogen (secondary N) is 2. The molecular formula is C16H14ClIN2O2. The van der Waals surface area contributed by atoms with Gasteiger partial charge in [0.1, 0.15) is 6.04 Å². The van der Waals surface area contributed by atoms with Gasteiger partial charge in [-0.05, 0) is 72.0 Å². The fourth-order valence-electron chi connectivity index (χ4n) is 1.76. The van der Waals surface area contributed by atoms with Gasteiger partial charge in [0.25, 0.3) is 5.91 Å². The Morgan fingerprint density at radius 2 is 1.82 bits per heavy atom. The minimum absolute atomic E-state index is 0.274. The van der Waals surface area contributed by atoms with Crippen LogP contribution in [0.5, 0.6) is 0 Å². The van der Waals surface area contributed by atoms with Gasteiger partial charge in [0, 0.05) is 19.8 Å². The molecule has 0 heterocycles. The van der Waals surface area contributed by atoms with Crippen molar-refractivity contribution in [1.29, 1.82) is 0 Å². The quantitative estimate of drug-likeness (QED) is 0.730. The molecular weight excluding hydrogens is 415 g/mol. The Kier molecular flexibility index (Phi) is 5.79. The van der Waals surface area contributed by atoms with E-state index in [4.69, 9.17) is 11.6 Å². The molecule has 0 saturated heterocycles. The summed E-state index contributed by atoms with van der Waals surface area (Å²) >= 11 is 7.95. The van der Waals surface area contributed by atoms with Gasteiger partial charge in [0.05, 0.1) is 0 Å². The minimum atomic E-state index is -0.652. The van der Waals surface area contributed by atoms with Crippen molar-refractivity contribution in [3.8, 4) is 0 Å². The van der Waals surface area contributed by atoms with E-state index in [0.29, 0.717) is 16.3 Å². The van der Waals surface area contributed by atoms with Gasteiger partial charge in [-0.1, -0.05) is 17.7 Å². The van der Waals surface area contributed by atoms with Crippen LogP contribution >= 0.6 is 34.2 Å². The molecule has 2 aromatic carbocycles. The van der Waals surface area contributed by atoms with Gasteiger partial charge in [-0.3, -0.25) is 9.59 Å². The van der Waals surface area contributed by atoms with Crippen molar-refractivity contribution in [2.45, 2.75) is 13.0 Å². The van der Waals surface area contributed by atoms with E-state index >= 15 is 0 Å². The largest absolute Gasteiger partial charge is 0.341 e. The van der Waals surface area contributed by atoms with Crippen LogP contribution in [0.3, 0.4) is 0 Å². The average molecular weight is 429 g/mol. The number of hydrogen-bond acceptors (Lipinski definition) is 2. The first-order chi connectivity index (χ1) is 10.5. The van der Waals surface area contributed by atoms with Crippen LogP contribution in [0.2, 0.25) is 5.02 Å².